The molecule has 3 rings (SSSR count). The van der Waals surface area contributed by atoms with Crippen molar-refractivity contribution >= 4 is 17.7 Å². The molecule has 27 heavy (non-hydrogen) atoms. The van der Waals surface area contributed by atoms with Crippen molar-refractivity contribution in [1.29, 1.82) is 0 Å². The molecule has 0 aromatic heterocycles. The van der Waals surface area contributed by atoms with E-state index in [0.29, 0.717) is 24.2 Å². The summed E-state index contributed by atoms with van der Waals surface area (Å²) in [5, 5.41) is 18.5. The smallest absolute Gasteiger partial charge is 0.335 e. The van der Waals surface area contributed by atoms with Crippen molar-refractivity contribution in [2.45, 2.75) is 38.5 Å². The lowest BCUT2D eigenvalue weighted by atomic mass is 9.87. The molecule has 0 bridgehead atoms. The van der Waals surface area contributed by atoms with E-state index in [1.54, 1.807) is 19.1 Å². The van der Waals surface area contributed by atoms with E-state index in [-0.39, 0.29) is 11.5 Å². The number of carbonyl (C=O) groups is 3. The highest BCUT2D eigenvalue weighted by Gasteiger charge is 2.25. The van der Waals surface area contributed by atoms with Gasteiger partial charge in [-0.15, -0.1) is 0 Å². The molecule has 5 nitrogen and oxygen atoms in total. The van der Waals surface area contributed by atoms with Crippen LogP contribution in [0.5, 0.6) is 0 Å². The number of carboxylic acids is 2. The summed E-state index contributed by atoms with van der Waals surface area (Å²) < 4.78 is 0. The first-order valence-electron chi connectivity index (χ1n) is 9.09. The predicted molar refractivity (Wildman–Crippen MR) is 101 cm³/mol. The minimum atomic E-state index is -1.01. The molecule has 1 fully saturated rings. The molecule has 2 aromatic rings. The highest BCUT2D eigenvalue weighted by atomic mass is 16.4. The van der Waals surface area contributed by atoms with Crippen LogP contribution in [0.4, 0.5) is 0 Å². The Bertz CT molecular complexity index is 882. The number of carbonyl (C=O) groups excluding carboxylic acids is 1. The van der Waals surface area contributed by atoms with Crippen molar-refractivity contribution in [2.24, 2.45) is 5.92 Å². The summed E-state index contributed by atoms with van der Waals surface area (Å²) in [6.07, 6.45) is 3.12. The largest absolute Gasteiger partial charge is 0.481 e. The van der Waals surface area contributed by atoms with Crippen molar-refractivity contribution in [3.05, 3.63) is 59.2 Å². The second kappa shape index (κ2) is 7.74. The highest BCUT2D eigenvalue weighted by Crippen LogP contribution is 2.33. The van der Waals surface area contributed by atoms with Crippen LogP contribution in [0, 0.1) is 5.92 Å². The van der Waals surface area contributed by atoms with Gasteiger partial charge in [-0.25, -0.2) is 4.79 Å². The van der Waals surface area contributed by atoms with Gasteiger partial charge in [0.25, 0.3) is 0 Å². The molecule has 2 atom stereocenters. The maximum atomic E-state index is 12.0. The van der Waals surface area contributed by atoms with Gasteiger partial charge in [-0.05, 0) is 60.6 Å². The molecule has 0 aliphatic heterocycles. The zero-order valence-corrected chi connectivity index (χ0v) is 15.1. The second-order valence-corrected chi connectivity index (χ2v) is 7.12. The van der Waals surface area contributed by atoms with E-state index < -0.39 is 17.9 Å². The van der Waals surface area contributed by atoms with Gasteiger partial charge in [-0.1, -0.05) is 30.3 Å². The average molecular weight is 366 g/mol. The lowest BCUT2D eigenvalue weighted by Crippen LogP contribution is -2.11. The molecule has 0 heterocycles. The quantitative estimate of drug-likeness (QED) is 0.801. The Morgan fingerprint density at radius 3 is 2.37 bits per heavy atom. The molecule has 2 N–H and O–H groups in total. The van der Waals surface area contributed by atoms with Crippen LogP contribution in [-0.2, 0) is 16.0 Å². The number of benzene rings is 2. The van der Waals surface area contributed by atoms with Crippen molar-refractivity contribution in [2.75, 3.05) is 0 Å². The van der Waals surface area contributed by atoms with E-state index in [0.717, 1.165) is 29.5 Å². The monoisotopic (exact) mass is 366 g/mol. The third-order valence-electron chi connectivity index (χ3n) is 5.31. The van der Waals surface area contributed by atoms with Crippen LogP contribution in [0.3, 0.4) is 0 Å². The molecule has 5 heteroatoms. The van der Waals surface area contributed by atoms with Crippen LogP contribution in [0.15, 0.2) is 42.5 Å². The molecule has 140 valence electrons. The predicted octanol–water partition coefficient (Wildman–Crippen LogP) is 4.15. The average Bonchev–Trinajstić information content (AvgIpc) is 3.05. The molecule has 2 aromatic carbocycles. The third-order valence-corrected chi connectivity index (χ3v) is 5.31. The summed E-state index contributed by atoms with van der Waals surface area (Å²) >= 11 is 0. The van der Waals surface area contributed by atoms with E-state index >= 15 is 0 Å². The minimum absolute atomic E-state index is 0.0370. The number of hydrogen-bond acceptors (Lipinski definition) is 3. The standard InChI is InChI=1S/C22H22O5/c1-13(21(24)25)18-10-5-14(11-17-3-2-4-20(17)23)12-19(18)15-6-8-16(9-7-15)22(26)27/h5-10,12-13,17H,2-4,11H2,1H3,(H,24,25)(H,26,27). The van der Waals surface area contributed by atoms with Crippen molar-refractivity contribution in [1.82, 2.24) is 0 Å². The lowest BCUT2D eigenvalue weighted by molar-refractivity contribution is -0.138. The van der Waals surface area contributed by atoms with Gasteiger partial charge in [0.05, 0.1) is 11.5 Å². The van der Waals surface area contributed by atoms with E-state index in [4.69, 9.17) is 5.11 Å². The van der Waals surface area contributed by atoms with Crippen molar-refractivity contribution in [3.8, 4) is 11.1 Å². The summed E-state index contributed by atoms with van der Waals surface area (Å²) in [4.78, 5) is 34.6. The topological polar surface area (TPSA) is 91.7 Å². The van der Waals surface area contributed by atoms with Gasteiger partial charge in [0, 0.05) is 12.3 Å². The molecular formula is C22H22O5. The number of aliphatic carboxylic acids is 1. The molecule has 1 saturated carbocycles. The lowest BCUT2D eigenvalue weighted by Gasteiger charge is -2.17. The van der Waals surface area contributed by atoms with Gasteiger partial charge >= 0.3 is 11.9 Å². The van der Waals surface area contributed by atoms with E-state index in [1.165, 1.54) is 12.1 Å². The molecule has 0 amide bonds. The summed E-state index contributed by atoms with van der Waals surface area (Å²) in [6, 6.07) is 12.1. The van der Waals surface area contributed by atoms with E-state index in [2.05, 4.69) is 0 Å². The summed E-state index contributed by atoms with van der Waals surface area (Å²) in [5.74, 6) is -2.28. The number of rotatable bonds is 6. The Labute approximate surface area is 157 Å². The number of hydrogen-bond donors (Lipinski definition) is 2. The fraction of sp³-hybridized carbons (Fsp3) is 0.318. The van der Waals surface area contributed by atoms with Crippen LogP contribution in [-0.4, -0.2) is 27.9 Å². The Morgan fingerprint density at radius 1 is 1.11 bits per heavy atom. The first-order chi connectivity index (χ1) is 12.9. The van der Waals surface area contributed by atoms with Gasteiger partial charge in [-0.3, -0.25) is 9.59 Å². The maximum Gasteiger partial charge on any atom is 0.335 e. The second-order valence-electron chi connectivity index (χ2n) is 7.12. The Hall–Kier alpha value is -2.95. The zero-order chi connectivity index (χ0) is 19.6. The number of Topliss-reactive ketones (excluding diaryl/α,β-unsaturated/α-hetero) is 1. The third kappa shape index (κ3) is 4.08. The molecular weight excluding hydrogens is 344 g/mol. The zero-order valence-electron chi connectivity index (χ0n) is 15.1. The summed E-state index contributed by atoms with van der Waals surface area (Å²) in [7, 11) is 0. The molecule has 0 radical (unpaired) electrons. The molecule has 2 unspecified atom stereocenters. The van der Waals surface area contributed by atoms with Crippen LogP contribution in [0.2, 0.25) is 0 Å². The van der Waals surface area contributed by atoms with Gasteiger partial charge in [0.1, 0.15) is 5.78 Å². The molecule has 1 aliphatic rings. The van der Waals surface area contributed by atoms with Gasteiger partial charge in [0.2, 0.25) is 0 Å². The van der Waals surface area contributed by atoms with Crippen LogP contribution >= 0.6 is 0 Å². The minimum Gasteiger partial charge on any atom is -0.481 e. The fourth-order valence-electron chi connectivity index (χ4n) is 3.67. The number of ketones is 1. The van der Waals surface area contributed by atoms with Gasteiger partial charge < -0.3 is 10.2 Å². The number of carboxylic acid groups (broad SMARTS) is 2. The molecule has 0 saturated heterocycles. The Balaban J connectivity index is 2.01. The Morgan fingerprint density at radius 2 is 1.81 bits per heavy atom. The summed E-state index contributed by atoms with van der Waals surface area (Å²) in [5.41, 5.74) is 3.38. The fourth-order valence-corrected chi connectivity index (χ4v) is 3.67. The van der Waals surface area contributed by atoms with Gasteiger partial charge in [-0.2, -0.15) is 0 Å². The van der Waals surface area contributed by atoms with Crippen LogP contribution in [0.25, 0.3) is 11.1 Å². The van der Waals surface area contributed by atoms with E-state index in [1.807, 2.05) is 18.2 Å². The van der Waals surface area contributed by atoms with Crippen molar-refractivity contribution in [3.63, 3.8) is 0 Å². The molecule has 1 aliphatic carbocycles. The van der Waals surface area contributed by atoms with Crippen LogP contribution in [0.1, 0.15) is 53.6 Å². The van der Waals surface area contributed by atoms with E-state index in [9.17, 15) is 19.5 Å². The maximum absolute atomic E-state index is 12.0. The number of aromatic carboxylic acids is 1. The summed E-state index contributed by atoms with van der Waals surface area (Å²) in [6.45, 7) is 1.63. The van der Waals surface area contributed by atoms with Crippen molar-refractivity contribution < 1.29 is 24.6 Å². The van der Waals surface area contributed by atoms with Gasteiger partial charge in [0.15, 0.2) is 0 Å². The highest BCUT2D eigenvalue weighted by molar-refractivity contribution is 5.89. The molecule has 0 spiro atoms. The first-order valence-corrected chi connectivity index (χ1v) is 9.09. The SMILES string of the molecule is CC(C(=O)O)c1ccc(CC2CCCC2=O)cc1-c1ccc(C(=O)O)cc1. The van der Waals surface area contributed by atoms with Crippen LogP contribution < -0.4 is 0 Å². The normalized spacial score (nSPS) is 17.7. The first kappa shape index (κ1) is 18.8. The Kier molecular flexibility index (Phi) is 5.40.